The van der Waals surface area contributed by atoms with Crippen LogP contribution in [0.5, 0.6) is 0 Å². The van der Waals surface area contributed by atoms with Crippen molar-refractivity contribution in [3.8, 4) is 0 Å². The Kier molecular flexibility index (Phi) is 2.90. The first-order valence-electron chi connectivity index (χ1n) is 5.50. The van der Waals surface area contributed by atoms with Crippen LogP contribution in [0.1, 0.15) is 19.8 Å². The minimum atomic E-state index is -0.459. The maximum atomic E-state index is 11.7. The molecule has 0 saturated carbocycles. The summed E-state index contributed by atoms with van der Waals surface area (Å²) in [6, 6.07) is 0.261. The van der Waals surface area contributed by atoms with Crippen LogP contribution in [0.15, 0.2) is 0 Å². The average molecular weight is 211 g/mol. The van der Waals surface area contributed by atoms with E-state index in [1.54, 1.807) is 4.90 Å². The van der Waals surface area contributed by atoms with Gasteiger partial charge in [-0.3, -0.25) is 9.59 Å². The maximum Gasteiger partial charge on any atom is 0.312 e. The molecule has 2 aliphatic heterocycles. The van der Waals surface area contributed by atoms with E-state index in [-0.39, 0.29) is 18.0 Å². The Balaban J connectivity index is 2.05. The number of carbonyl (C=O) groups is 2. The summed E-state index contributed by atoms with van der Waals surface area (Å²) < 4.78 is 0. The summed E-state index contributed by atoms with van der Waals surface area (Å²) in [6.07, 6.45) is 2.07. The van der Waals surface area contributed by atoms with Crippen molar-refractivity contribution in [3.05, 3.63) is 0 Å². The molecular weight excluding hydrogens is 194 g/mol. The van der Waals surface area contributed by atoms with Gasteiger partial charge in [-0.2, -0.15) is 0 Å². The fourth-order valence-electron chi connectivity index (χ4n) is 2.25. The van der Waals surface area contributed by atoms with E-state index in [1.807, 2.05) is 6.92 Å². The van der Waals surface area contributed by atoms with Gasteiger partial charge in [0.15, 0.2) is 0 Å². The van der Waals surface area contributed by atoms with Gasteiger partial charge in [0.25, 0.3) is 0 Å². The highest BCUT2D eigenvalue weighted by molar-refractivity contribution is 6.35. The molecule has 2 amide bonds. The third-order valence-electron chi connectivity index (χ3n) is 3.01. The van der Waals surface area contributed by atoms with Crippen molar-refractivity contribution in [1.29, 1.82) is 0 Å². The zero-order valence-electron chi connectivity index (χ0n) is 8.95. The second kappa shape index (κ2) is 4.18. The topological polar surface area (TPSA) is 61.4 Å². The first kappa shape index (κ1) is 10.4. The molecule has 0 bridgehead atoms. The van der Waals surface area contributed by atoms with Crippen molar-refractivity contribution in [1.82, 2.24) is 15.5 Å². The Morgan fingerprint density at radius 3 is 2.87 bits per heavy atom. The van der Waals surface area contributed by atoms with Crippen LogP contribution in [0.4, 0.5) is 0 Å². The molecule has 15 heavy (non-hydrogen) atoms. The molecular formula is C10H17N3O2. The summed E-state index contributed by atoms with van der Waals surface area (Å²) in [5, 5.41) is 5.90. The zero-order chi connectivity index (χ0) is 10.8. The van der Waals surface area contributed by atoms with Gasteiger partial charge in [0.05, 0.1) is 0 Å². The molecule has 0 aromatic heterocycles. The molecule has 5 heteroatoms. The Hall–Kier alpha value is -1.10. The maximum absolute atomic E-state index is 11.7. The number of piperidine rings is 1. The van der Waals surface area contributed by atoms with Crippen LogP contribution >= 0.6 is 0 Å². The van der Waals surface area contributed by atoms with Crippen molar-refractivity contribution >= 4 is 11.8 Å². The molecule has 2 rings (SSSR count). The number of nitrogens with one attached hydrogen (secondary N) is 2. The van der Waals surface area contributed by atoms with E-state index >= 15 is 0 Å². The summed E-state index contributed by atoms with van der Waals surface area (Å²) >= 11 is 0. The van der Waals surface area contributed by atoms with Gasteiger partial charge in [0.1, 0.15) is 0 Å². The van der Waals surface area contributed by atoms with Gasteiger partial charge in [-0.15, -0.1) is 0 Å². The van der Waals surface area contributed by atoms with E-state index in [0.29, 0.717) is 6.54 Å². The molecule has 2 atom stereocenters. The Bertz CT molecular complexity index is 274. The van der Waals surface area contributed by atoms with Gasteiger partial charge in [-0.1, -0.05) is 0 Å². The molecule has 0 aromatic carbocycles. The Labute approximate surface area is 89.2 Å². The van der Waals surface area contributed by atoms with Crippen molar-refractivity contribution in [3.63, 3.8) is 0 Å². The fourth-order valence-corrected chi connectivity index (χ4v) is 2.25. The van der Waals surface area contributed by atoms with Crippen LogP contribution in [-0.4, -0.2) is 48.4 Å². The smallest absolute Gasteiger partial charge is 0.312 e. The predicted molar refractivity (Wildman–Crippen MR) is 55.2 cm³/mol. The number of amides is 2. The minimum Gasteiger partial charge on any atom is -0.344 e. The lowest BCUT2D eigenvalue weighted by atomic mass is 10.0. The molecule has 2 fully saturated rings. The van der Waals surface area contributed by atoms with Crippen molar-refractivity contribution in [2.45, 2.75) is 31.8 Å². The summed E-state index contributed by atoms with van der Waals surface area (Å²) in [5.41, 5.74) is 0. The highest BCUT2D eigenvalue weighted by Gasteiger charge is 2.34. The first-order chi connectivity index (χ1) is 7.18. The normalized spacial score (nSPS) is 32.7. The van der Waals surface area contributed by atoms with E-state index < -0.39 is 5.91 Å². The molecule has 2 N–H and O–H groups in total. The van der Waals surface area contributed by atoms with Crippen LogP contribution in [0.25, 0.3) is 0 Å². The van der Waals surface area contributed by atoms with Crippen LogP contribution in [-0.2, 0) is 9.59 Å². The van der Waals surface area contributed by atoms with Crippen LogP contribution < -0.4 is 10.6 Å². The quantitative estimate of drug-likeness (QED) is 0.552. The molecule has 0 spiro atoms. The van der Waals surface area contributed by atoms with Gasteiger partial charge in [-0.05, 0) is 26.3 Å². The summed E-state index contributed by atoms with van der Waals surface area (Å²) in [6.45, 7) is 4.39. The third kappa shape index (κ3) is 2.12. The second-order valence-electron chi connectivity index (χ2n) is 4.33. The molecule has 2 unspecified atom stereocenters. The molecule has 0 radical (unpaired) electrons. The van der Waals surface area contributed by atoms with Gasteiger partial charge in [-0.25, -0.2) is 0 Å². The van der Waals surface area contributed by atoms with E-state index in [9.17, 15) is 9.59 Å². The van der Waals surface area contributed by atoms with Crippen LogP contribution in [0, 0.1) is 0 Å². The number of hydrogen-bond donors (Lipinski definition) is 2. The predicted octanol–water partition coefficient (Wildman–Crippen LogP) is -0.915. The molecule has 2 aliphatic rings. The SMILES string of the molecule is CC1CN(C2CCCNC2)C(=O)C(=O)N1. The monoisotopic (exact) mass is 211 g/mol. The van der Waals surface area contributed by atoms with E-state index in [1.165, 1.54) is 0 Å². The van der Waals surface area contributed by atoms with Gasteiger partial charge in [0, 0.05) is 25.2 Å². The first-order valence-corrected chi connectivity index (χ1v) is 5.50. The van der Waals surface area contributed by atoms with Crippen molar-refractivity contribution < 1.29 is 9.59 Å². The third-order valence-corrected chi connectivity index (χ3v) is 3.01. The molecule has 0 aliphatic carbocycles. The lowest BCUT2D eigenvalue weighted by Gasteiger charge is -2.38. The number of hydrogen-bond acceptors (Lipinski definition) is 3. The average Bonchev–Trinajstić information content (AvgIpc) is 2.24. The van der Waals surface area contributed by atoms with Gasteiger partial charge < -0.3 is 15.5 Å². The highest BCUT2D eigenvalue weighted by Crippen LogP contribution is 2.13. The largest absolute Gasteiger partial charge is 0.344 e. The van der Waals surface area contributed by atoms with E-state index in [4.69, 9.17) is 0 Å². The van der Waals surface area contributed by atoms with Crippen molar-refractivity contribution in [2.24, 2.45) is 0 Å². The number of rotatable bonds is 1. The lowest BCUT2D eigenvalue weighted by Crippen LogP contribution is -2.61. The Morgan fingerprint density at radius 2 is 2.20 bits per heavy atom. The number of nitrogens with zero attached hydrogens (tertiary/aromatic N) is 1. The highest BCUT2D eigenvalue weighted by atomic mass is 16.2. The Morgan fingerprint density at radius 1 is 1.40 bits per heavy atom. The summed E-state index contributed by atoms with van der Waals surface area (Å²) in [5.74, 6) is -0.832. The molecule has 84 valence electrons. The molecule has 0 aromatic rings. The van der Waals surface area contributed by atoms with E-state index in [2.05, 4.69) is 10.6 Å². The van der Waals surface area contributed by atoms with Gasteiger partial charge >= 0.3 is 11.8 Å². The molecule has 2 saturated heterocycles. The fraction of sp³-hybridized carbons (Fsp3) is 0.800. The minimum absolute atomic E-state index is 0.0668. The van der Waals surface area contributed by atoms with Crippen LogP contribution in [0.2, 0.25) is 0 Å². The lowest BCUT2D eigenvalue weighted by molar-refractivity contribution is -0.151. The van der Waals surface area contributed by atoms with E-state index in [0.717, 1.165) is 25.9 Å². The number of carbonyl (C=O) groups excluding carboxylic acids is 2. The molecule has 5 nitrogen and oxygen atoms in total. The second-order valence-corrected chi connectivity index (χ2v) is 4.33. The number of piperazine rings is 1. The van der Waals surface area contributed by atoms with Crippen molar-refractivity contribution in [2.75, 3.05) is 19.6 Å². The summed E-state index contributed by atoms with van der Waals surface area (Å²) in [7, 11) is 0. The zero-order valence-corrected chi connectivity index (χ0v) is 8.95. The summed E-state index contributed by atoms with van der Waals surface area (Å²) in [4.78, 5) is 24.7. The van der Waals surface area contributed by atoms with Gasteiger partial charge in [0.2, 0.25) is 0 Å². The standard InChI is InChI=1S/C10H17N3O2/c1-7-6-13(10(15)9(14)12-7)8-3-2-4-11-5-8/h7-8,11H,2-6H2,1H3,(H,12,14). The van der Waals surface area contributed by atoms with Crippen LogP contribution in [0.3, 0.4) is 0 Å². The molecule has 2 heterocycles.